The van der Waals surface area contributed by atoms with Crippen molar-refractivity contribution in [3.8, 4) is 22.7 Å². The van der Waals surface area contributed by atoms with Crippen LogP contribution in [0.25, 0.3) is 38.9 Å². The second-order valence-corrected chi connectivity index (χ2v) is 11.4. The predicted molar refractivity (Wildman–Crippen MR) is 164 cm³/mol. The first kappa shape index (κ1) is 29.4. The van der Waals surface area contributed by atoms with Gasteiger partial charge < -0.3 is 14.6 Å². The fourth-order valence-corrected chi connectivity index (χ4v) is 6.01. The lowest BCUT2D eigenvalue weighted by Gasteiger charge is -2.23. The van der Waals surface area contributed by atoms with Crippen LogP contribution < -0.4 is 5.56 Å². The monoisotopic (exact) mass is 599 g/mol. The van der Waals surface area contributed by atoms with Crippen molar-refractivity contribution in [3.63, 3.8) is 0 Å². The van der Waals surface area contributed by atoms with Crippen molar-refractivity contribution >= 4 is 27.9 Å². The smallest absolute Gasteiger partial charge is 0.347 e. The second kappa shape index (κ2) is 11.5. The van der Waals surface area contributed by atoms with Crippen LogP contribution in [0.15, 0.2) is 41.5 Å². The van der Waals surface area contributed by atoms with E-state index in [1.165, 1.54) is 4.57 Å². The van der Waals surface area contributed by atoms with Crippen molar-refractivity contribution < 1.29 is 23.8 Å². The molecule has 1 atom stereocenters. The zero-order valence-corrected chi connectivity index (χ0v) is 25.3. The van der Waals surface area contributed by atoms with E-state index in [9.17, 15) is 14.7 Å². The number of carbonyl (C=O) groups excluding carboxylic acids is 1. The van der Waals surface area contributed by atoms with E-state index < -0.39 is 28.7 Å². The molecule has 1 fully saturated rings. The molecule has 0 spiro atoms. The van der Waals surface area contributed by atoms with Crippen LogP contribution in [0.2, 0.25) is 0 Å². The van der Waals surface area contributed by atoms with Gasteiger partial charge in [-0.3, -0.25) is 14.3 Å². The average molecular weight is 600 g/mol. The number of aromatic hydroxyl groups is 1. The summed E-state index contributed by atoms with van der Waals surface area (Å²) in [6, 6.07) is 6.66. The maximum atomic E-state index is 16.2. The Balaban J connectivity index is 1.70. The molecule has 1 unspecified atom stereocenters. The number of aryl methyl sites for hydroxylation is 2. The zero-order chi connectivity index (χ0) is 31.3. The highest BCUT2D eigenvalue weighted by molar-refractivity contribution is 6.01. The number of halogens is 1. The molecule has 0 amide bonds. The average Bonchev–Trinajstić information content (AvgIpc) is 3.43. The van der Waals surface area contributed by atoms with Gasteiger partial charge in [-0.2, -0.15) is 5.10 Å². The molecule has 1 saturated heterocycles. The van der Waals surface area contributed by atoms with Crippen LogP contribution in [0.5, 0.6) is 5.75 Å². The number of hydrogen-bond acceptors (Lipinski definition) is 8. The standard InChI is InChI=1S/C33H34FN5O5/c1-6-43-33(42)26-30(40)20-15-22(34)28(37-31(20)38(32(26)41)29-19(5)12-13-35-27(29)17(2)3)25-18(4)10-11-23-21(25)16-36-39(23)24-9-7-8-14-44-24/h10-13,15-17,24,40H,6-9,14H2,1-5H3. The van der Waals surface area contributed by atoms with Crippen molar-refractivity contribution in [1.82, 2.24) is 24.3 Å². The normalized spacial score (nSPS) is 15.4. The molecule has 1 N–H and O–H groups in total. The van der Waals surface area contributed by atoms with E-state index in [1.54, 1.807) is 25.4 Å². The Kier molecular flexibility index (Phi) is 7.66. The van der Waals surface area contributed by atoms with E-state index in [0.717, 1.165) is 36.4 Å². The topological polar surface area (TPSA) is 121 Å². The van der Waals surface area contributed by atoms with E-state index in [-0.39, 0.29) is 35.5 Å². The fourth-order valence-electron chi connectivity index (χ4n) is 6.01. The SMILES string of the molecule is CCOC(=O)c1c(O)c2cc(F)c(-c3c(C)ccc4c3cnn4C3CCCCO3)nc2n(-c2c(C)ccnc2C(C)C)c1=O. The maximum absolute atomic E-state index is 16.2. The van der Waals surface area contributed by atoms with Crippen LogP contribution in [0.3, 0.4) is 0 Å². The van der Waals surface area contributed by atoms with Crippen molar-refractivity contribution in [3.05, 3.63) is 75.2 Å². The highest BCUT2D eigenvalue weighted by atomic mass is 19.1. The first-order valence-electron chi connectivity index (χ1n) is 14.8. The van der Waals surface area contributed by atoms with Gasteiger partial charge in [0.05, 0.1) is 35.1 Å². The number of nitrogens with zero attached hydrogens (tertiary/aromatic N) is 5. The van der Waals surface area contributed by atoms with E-state index in [0.29, 0.717) is 34.5 Å². The Morgan fingerprint density at radius 3 is 2.68 bits per heavy atom. The Labute approximate surface area is 253 Å². The number of fused-ring (bicyclic) bond motifs is 2. The van der Waals surface area contributed by atoms with E-state index in [1.807, 2.05) is 44.5 Å². The van der Waals surface area contributed by atoms with Gasteiger partial charge in [-0.15, -0.1) is 0 Å². The number of ether oxygens (including phenoxy) is 2. The molecule has 0 saturated carbocycles. The fraction of sp³-hybridized carbons (Fsp3) is 0.364. The lowest BCUT2D eigenvalue weighted by atomic mass is 9.99. The molecule has 4 aromatic heterocycles. The van der Waals surface area contributed by atoms with Gasteiger partial charge >= 0.3 is 5.97 Å². The van der Waals surface area contributed by atoms with Gasteiger partial charge in [0, 0.05) is 23.8 Å². The zero-order valence-electron chi connectivity index (χ0n) is 25.3. The van der Waals surface area contributed by atoms with Gasteiger partial charge in [-0.1, -0.05) is 19.9 Å². The quantitative estimate of drug-likeness (QED) is 0.227. The third-order valence-corrected chi connectivity index (χ3v) is 8.14. The summed E-state index contributed by atoms with van der Waals surface area (Å²) in [5, 5.41) is 16.4. The minimum atomic E-state index is -1.01. The predicted octanol–water partition coefficient (Wildman–Crippen LogP) is 6.26. The Bertz CT molecular complexity index is 1990. The molecule has 1 aliphatic heterocycles. The summed E-state index contributed by atoms with van der Waals surface area (Å²) < 4.78 is 30.4. The summed E-state index contributed by atoms with van der Waals surface area (Å²) >= 11 is 0. The van der Waals surface area contributed by atoms with Gasteiger partial charge in [0.25, 0.3) is 5.56 Å². The number of benzene rings is 1. The molecular weight excluding hydrogens is 565 g/mol. The first-order chi connectivity index (χ1) is 21.1. The summed E-state index contributed by atoms with van der Waals surface area (Å²) in [7, 11) is 0. The summed E-state index contributed by atoms with van der Waals surface area (Å²) in [5.41, 5.74) is 2.21. The third-order valence-electron chi connectivity index (χ3n) is 8.14. The van der Waals surface area contributed by atoms with Gasteiger partial charge in [0.1, 0.15) is 17.3 Å². The number of carbonyl (C=O) groups is 1. The highest BCUT2D eigenvalue weighted by Gasteiger charge is 2.29. The number of rotatable bonds is 6. The van der Waals surface area contributed by atoms with Crippen LogP contribution in [0.1, 0.15) is 79.4 Å². The number of hydrogen-bond donors (Lipinski definition) is 1. The second-order valence-electron chi connectivity index (χ2n) is 11.4. The molecular formula is C33H34FN5O5. The summed E-state index contributed by atoms with van der Waals surface area (Å²) in [4.78, 5) is 36.4. The number of pyridine rings is 3. The molecule has 0 aliphatic carbocycles. The first-order valence-corrected chi connectivity index (χ1v) is 14.8. The maximum Gasteiger partial charge on any atom is 0.347 e. The highest BCUT2D eigenvalue weighted by Crippen LogP contribution is 2.38. The lowest BCUT2D eigenvalue weighted by Crippen LogP contribution is -2.29. The summed E-state index contributed by atoms with van der Waals surface area (Å²) in [6.07, 6.45) is 5.93. The molecule has 10 nitrogen and oxygen atoms in total. The largest absolute Gasteiger partial charge is 0.506 e. The third kappa shape index (κ3) is 4.71. The molecule has 5 aromatic rings. The summed E-state index contributed by atoms with van der Waals surface area (Å²) in [5.74, 6) is -2.56. The van der Waals surface area contributed by atoms with Crippen molar-refractivity contribution in [2.24, 2.45) is 0 Å². The molecule has 0 radical (unpaired) electrons. The Morgan fingerprint density at radius 1 is 1.18 bits per heavy atom. The number of esters is 1. The van der Waals surface area contributed by atoms with Gasteiger partial charge in [-0.05, 0) is 75.3 Å². The molecule has 11 heteroatoms. The van der Waals surface area contributed by atoms with Crippen LogP contribution in [0.4, 0.5) is 4.39 Å². The van der Waals surface area contributed by atoms with Gasteiger partial charge in [-0.25, -0.2) is 18.9 Å². The van der Waals surface area contributed by atoms with E-state index >= 15 is 4.39 Å². The molecule has 6 rings (SSSR count). The van der Waals surface area contributed by atoms with Gasteiger partial charge in [0.15, 0.2) is 17.4 Å². The molecule has 0 bridgehead atoms. The minimum absolute atomic E-state index is 0.0191. The Morgan fingerprint density at radius 2 is 1.98 bits per heavy atom. The van der Waals surface area contributed by atoms with Crippen LogP contribution in [-0.4, -0.2) is 48.6 Å². The van der Waals surface area contributed by atoms with Gasteiger partial charge in [0.2, 0.25) is 0 Å². The number of aromatic nitrogens is 5. The molecule has 228 valence electrons. The van der Waals surface area contributed by atoms with Crippen molar-refractivity contribution in [2.75, 3.05) is 13.2 Å². The van der Waals surface area contributed by atoms with Crippen molar-refractivity contribution in [1.29, 1.82) is 0 Å². The van der Waals surface area contributed by atoms with Crippen LogP contribution in [0, 0.1) is 19.7 Å². The van der Waals surface area contributed by atoms with Crippen molar-refractivity contribution in [2.45, 2.75) is 66.0 Å². The van der Waals surface area contributed by atoms with E-state index in [2.05, 4.69) is 10.1 Å². The van der Waals surface area contributed by atoms with E-state index in [4.69, 9.17) is 14.5 Å². The molecule has 1 aliphatic rings. The molecule has 5 heterocycles. The lowest BCUT2D eigenvalue weighted by molar-refractivity contribution is -0.0366. The van der Waals surface area contributed by atoms with Crippen LogP contribution in [-0.2, 0) is 9.47 Å². The summed E-state index contributed by atoms with van der Waals surface area (Å²) in [6.45, 7) is 9.75. The minimum Gasteiger partial charge on any atom is -0.506 e. The molecule has 1 aromatic carbocycles. The Hall–Kier alpha value is -4.64. The molecule has 44 heavy (non-hydrogen) atoms. The van der Waals surface area contributed by atoms with Crippen LogP contribution >= 0.6 is 0 Å².